The number of benzene rings is 1. The van der Waals surface area contributed by atoms with Crippen LogP contribution in [-0.2, 0) is 0 Å². The second-order valence-corrected chi connectivity index (χ2v) is 3.19. The molecule has 0 aliphatic heterocycles. The van der Waals surface area contributed by atoms with Crippen LogP contribution < -0.4 is 10.6 Å². The Morgan fingerprint density at radius 2 is 1.87 bits per heavy atom. The summed E-state index contributed by atoms with van der Waals surface area (Å²) >= 11 is 0. The fraction of sp³-hybridized carbons (Fsp3) is 0.167. The van der Waals surface area contributed by atoms with Crippen molar-refractivity contribution in [1.82, 2.24) is 0 Å². The van der Waals surface area contributed by atoms with Crippen LogP contribution in [0.3, 0.4) is 0 Å². The zero-order chi connectivity index (χ0) is 11.3. The maximum atomic E-state index is 12.8. The van der Waals surface area contributed by atoms with Crippen molar-refractivity contribution in [3.63, 3.8) is 0 Å². The van der Waals surface area contributed by atoms with Crippen LogP contribution in [0.5, 0.6) is 0 Å². The van der Waals surface area contributed by atoms with Gasteiger partial charge in [-0.15, -0.1) is 13.2 Å². The van der Waals surface area contributed by atoms with E-state index in [4.69, 9.17) is 5.73 Å². The Kier molecular flexibility index (Phi) is 3.92. The topological polar surface area (TPSA) is 29.3 Å². The maximum absolute atomic E-state index is 12.8. The number of rotatable bonds is 5. The lowest BCUT2D eigenvalue weighted by Crippen LogP contribution is -2.24. The van der Waals surface area contributed by atoms with E-state index in [1.54, 1.807) is 18.2 Å². The Labute approximate surface area is 89.5 Å². The van der Waals surface area contributed by atoms with Crippen molar-refractivity contribution in [1.29, 1.82) is 0 Å². The molecule has 0 heterocycles. The zero-order valence-corrected chi connectivity index (χ0v) is 8.62. The molecule has 2 N–H and O–H groups in total. The summed E-state index contributed by atoms with van der Waals surface area (Å²) in [4.78, 5) is 1.97. The average Bonchev–Trinajstić information content (AvgIpc) is 2.17. The molecule has 0 aromatic heterocycles. The van der Waals surface area contributed by atoms with Crippen molar-refractivity contribution >= 4 is 11.4 Å². The lowest BCUT2D eigenvalue weighted by molar-refractivity contribution is 0.628. The number of hydrogen-bond donors (Lipinski definition) is 1. The molecule has 0 aliphatic carbocycles. The van der Waals surface area contributed by atoms with Gasteiger partial charge in [0.2, 0.25) is 0 Å². The van der Waals surface area contributed by atoms with Crippen molar-refractivity contribution < 1.29 is 4.39 Å². The summed E-state index contributed by atoms with van der Waals surface area (Å²) in [6, 6.07) is 4.37. The van der Waals surface area contributed by atoms with Crippen LogP contribution in [0, 0.1) is 5.82 Å². The van der Waals surface area contributed by atoms with Gasteiger partial charge in [0.25, 0.3) is 0 Å². The summed E-state index contributed by atoms with van der Waals surface area (Å²) in [6.07, 6.45) is 3.54. The highest BCUT2D eigenvalue weighted by Gasteiger charge is 2.07. The molecular weight excluding hydrogens is 191 g/mol. The van der Waals surface area contributed by atoms with E-state index < -0.39 is 0 Å². The van der Waals surface area contributed by atoms with E-state index in [0.29, 0.717) is 18.8 Å². The summed E-state index contributed by atoms with van der Waals surface area (Å²) in [7, 11) is 0. The number of nitrogens with two attached hydrogens (primary N) is 1. The Balaban J connectivity index is 2.98. The van der Waals surface area contributed by atoms with E-state index in [1.807, 2.05) is 4.90 Å². The van der Waals surface area contributed by atoms with Crippen LogP contribution >= 0.6 is 0 Å². The molecule has 3 heteroatoms. The van der Waals surface area contributed by atoms with E-state index in [9.17, 15) is 4.39 Å². The number of anilines is 2. The SMILES string of the molecule is C=CCN(CC=C)c1ccc(F)cc1N. The van der Waals surface area contributed by atoms with E-state index >= 15 is 0 Å². The standard InChI is InChI=1S/C12H15FN2/c1-3-7-15(8-4-2)12-6-5-10(13)9-11(12)14/h3-6,9H,1-2,7-8,14H2. The van der Waals surface area contributed by atoms with E-state index in [0.717, 1.165) is 5.69 Å². The summed E-state index contributed by atoms with van der Waals surface area (Å²) in [5.74, 6) is -0.326. The monoisotopic (exact) mass is 206 g/mol. The Morgan fingerprint density at radius 1 is 1.27 bits per heavy atom. The lowest BCUT2D eigenvalue weighted by Gasteiger charge is -2.23. The minimum Gasteiger partial charge on any atom is -0.397 e. The van der Waals surface area contributed by atoms with Crippen LogP contribution in [-0.4, -0.2) is 13.1 Å². The Hall–Kier alpha value is -1.77. The molecule has 1 aromatic rings. The minimum atomic E-state index is -0.326. The van der Waals surface area contributed by atoms with Gasteiger partial charge in [-0.05, 0) is 18.2 Å². The van der Waals surface area contributed by atoms with E-state index in [1.165, 1.54) is 12.1 Å². The van der Waals surface area contributed by atoms with Crippen LogP contribution in [0.1, 0.15) is 0 Å². The summed E-state index contributed by atoms with van der Waals surface area (Å²) in [5.41, 5.74) is 6.96. The van der Waals surface area contributed by atoms with Crippen LogP contribution in [0.4, 0.5) is 15.8 Å². The zero-order valence-electron chi connectivity index (χ0n) is 8.62. The molecule has 80 valence electrons. The first kappa shape index (κ1) is 11.3. The van der Waals surface area contributed by atoms with Crippen molar-refractivity contribution in [3.05, 3.63) is 49.3 Å². The van der Waals surface area contributed by atoms with Gasteiger partial charge in [0, 0.05) is 13.1 Å². The average molecular weight is 206 g/mol. The van der Waals surface area contributed by atoms with Crippen LogP contribution in [0.15, 0.2) is 43.5 Å². The molecule has 0 radical (unpaired) electrons. The fourth-order valence-electron chi connectivity index (χ4n) is 1.40. The van der Waals surface area contributed by atoms with Crippen molar-refractivity contribution in [2.75, 3.05) is 23.7 Å². The highest BCUT2D eigenvalue weighted by atomic mass is 19.1. The third-order valence-electron chi connectivity index (χ3n) is 2.03. The highest BCUT2D eigenvalue weighted by molar-refractivity contribution is 5.67. The van der Waals surface area contributed by atoms with Crippen LogP contribution in [0.25, 0.3) is 0 Å². The third-order valence-corrected chi connectivity index (χ3v) is 2.03. The lowest BCUT2D eigenvalue weighted by atomic mass is 10.2. The summed E-state index contributed by atoms with van der Waals surface area (Å²) in [5, 5.41) is 0. The molecule has 1 rings (SSSR count). The number of nitrogens with zero attached hydrogens (tertiary/aromatic N) is 1. The van der Waals surface area contributed by atoms with Gasteiger partial charge in [-0.2, -0.15) is 0 Å². The molecular formula is C12H15FN2. The molecule has 0 unspecified atom stereocenters. The quantitative estimate of drug-likeness (QED) is 0.592. The number of hydrogen-bond acceptors (Lipinski definition) is 2. The van der Waals surface area contributed by atoms with Crippen molar-refractivity contribution in [2.45, 2.75) is 0 Å². The number of halogens is 1. The van der Waals surface area contributed by atoms with E-state index in [-0.39, 0.29) is 5.82 Å². The Morgan fingerprint density at radius 3 is 2.33 bits per heavy atom. The van der Waals surface area contributed by atoms with Gasteiger partial charge in [0.05, 0.1) is 11.4 Å². The van der Waals surface area contributed by atoms with Gasteiger partial charge < -0.3 is 10.6 Å². The molecule has 0 fully saturated rings. The Bertz CT molecular complexity index is 351. The third kappa shape index (κ3) is 2.84. The molecule has 0 bridgehead atoms. The minimum absolute atomic E-state index is 0.326. The smallest absolute Gasteiger partial charge is 0.125 e. The normalized spacial score (nSPS) is 9.67. The molecule has 2 nitrogen and oxygen atoms in total. The maximum Gasteiger partial charge on any atom is 0.125 e. The largest absolute Gasteiger partial charge is 0.397 e. The van der Waals surface area contributed by atoms with Gasteiger partial charge >= 0.3 is 0 Å². The van der Waals surface area contributed by atoms with Crippen LogP contribution in [0.2, 0.25) is 0 Å². The van der Waals surface area contributed by atoms with Gasteiger partial charge in [0.15, 0.2) is 0 Å². The molecule has 0 saturated carbocycles. The van der Waals surface area contributed by atoms with Crippen molar-refractivity contribution in [3.8, 4) is 0 Å². The van der Waals surface area contributed by atoms with E-state index in [2.05, 4.69) is 13.2 Å². The fourth-order valence-corrected chi connectivity index (χ4v) is 1.40. The van der Waals surface area contributed by atoms with Gasteiger partial charge in [0.1, 0.15) is 5.82 Å². The summed E-state index contributed by atoms with van der Waals surface area (Å²) < 4.78 is 12.8. The second-order valence-electron chi connectivity index (χ2n) is 3.19. The second kappa shape index (κ2) is 5.20. The van der Waals surface area contributed by atoms with Gasteiger partial charge in [-0.1, -0.05) is 12.2 Å². The summed E-state index contributed by atoms with van der Waals surface area (Å²) in [6.45, 7) is 8.64. The molecule has 0 saturated heterocycles. The first-order valence-electron chi connectivity index (χ1n) is 4.70. The molecule has 15 heavy (non-hydrogen) atoms. The molecule has 0 atom stereocenters. The number of nitrogen functional groups attached to an aromatic ring is 1. The van der Waals surface area contributed by atoms with Gasteiger partial charge in [-0.3, -0.25) is 0 Å². The molecule has 0 spiro atoms. The highest BCUT2D eigenvalue weighted by Crippen LogP contribution is 2.23. The first-order valence-corrected chi connectivity index (χ1v) is 4.70. The van der Waals surface area contributed by atoms with Crippen molar-refractivity contribution in [2.24, 2.45) is 0 Å². The molecule has 1 aromatic carbocycles. The predicted octanol–water partition coefficient (Wildman–Crippen LogP) is 2.59. The molecule has 0 aliphatic rings. The molecule has 0 amide bonds. The first-order chi connectivity index (χ1) is 7.19. The van der Waals surface area contributed by atoms with Gasteiger partial charge in [-0.25, -0.2) is 4.39 Å². The predicted molar refractivity (Wildman–Crippen MR) is 63.4 cm³/mol.